The maximum Gasteiger partial charge on any atom is 0.417 e. The molecule has 0 unspecified atom stereocenters. The molecule has 0 aliphatic carbocycles. The van der Waals surface area contributed by atoms with Crippen molar-refractivity contribution in [3.63, 3.8) is 0 Å². The van der Waals surface area contributed by atoms with Crippen LogP contribution in [0, 0.1) is 11.3 Å². The lowest BCUT2D eigenvalue weighted by Gasteiger charge is -2.13. The van der Waals surface area contributed by atoms with Gasteiger partial charge in [-0.15, -0.1) is 11.6 Å². The van der Waals surface area contributed by atoms with Crippen LogP contribution in [0.25, 0.3) is 0 Å². The van der Waals surface area contributed by atoms with Crippen LogP contribution in [0.2, 0.25) is 0 Å². The van der Waals surface area contributed by atoms with Crippen molar-refractivity contribution in [3.05, 3.63) is 28.8 Å². The summed E-state index contributed by atoms with van der Waals surface area (Å²) in [5.41, 5.74) is -2.56. The van der Waals surface area contributed by atoms with Gasteiger partial charge in [-0.2, -0.15) is 18.4 Å². The second-order valence-corrected chi connectivity index (χ2v) is 5.93. The van der Waals surface area contributed by atoms with Crippen molar-refractivity contribution in [2.45, 2.75) is 17.0 Å². The van der Waals surface area contributed by atoms with Gasteiger partial charge in [-0.3, -0.25) is 0 Å². The van der Waals surface area contributed by atoms with Gasteiger partial charge in [0, 0.05) is 16.6 Å². The van der Waals surface area contributed by atoms with E-state index in [1.165, 1.54) is 6.07 Å². The number of rotatable bonds is 2. The highest BCUT2D eigenvalue weighted by Crippen LogP contribution is 2.37. The molecule has 98 valence electrons. The van der Waals surface area contributed by atoms with E-state index in [9.17, 15) is 21.6 Å². The lowest BCUT2D eigenvalue weighted by Crippen LogP contribution is -2.12. The summed E-state index contributed by atoms with van der Waals surface area (Å²) in [6.07, 6.45) is -4.85. The maximum absolute atomic E-state index is 12.6. The maximum atomic E-state index is 12.6. The molecule has 0 radical (unpaired) electrons. The molecular weight excluding hydrogens is 314 g/mol. The molecule has 18 heavy (non-hydrogen) atoms. The Balaban J connectivity index is 3.83. The first-order valence-electron chi connectivity index (χ1n) is 4.26. The van der Waals surface area contributed by atoms with Gasteiger partial charge in [0.1, 0.15) is 11.0 Å². The lowest BCUT2D eigenvalue weighted by molar-refractivity contribution is -0.137. The number of benzene rings is 1. The predicted molar refractivity (Wildman–Crippen MR) is 58.8 cm³/mol. The standard InChI is InChI=1S/C9H4Cl2F3NO2S/c10-3-5-1-2-7(9(12,13)14)6(4-15)8(5)18(11,16)17/h1-2H,3H2. The highest BCUT2D eigenvalue weighted by Gasteiger charge is 2.37. The van der Waals surface area contributed by atoms with Gasteiger partial charge >= 0.3 is 6.18 Å². The number of nitriles is 1. The highest BCUT2D eigenvalue weighted by atomic mass is 35.7. The van der Waals surface area contributed by atoms with Crippen molar-refractivity contribution >= 4 is 31.3 Å². The second-order valence-electron chi connectivity index (χ2n) is 3.16. The molecule has 9 heteroatoms. The monoisotopic (exact) mass is 317 g/mol. The average molecular weight is 318 g/mol. The summed E-state index contributed by atoms with van der Waals surface area (Å²) in [6.45, 7) is 0. The van der Waals surface area contributed by atoms with Crippen LogP contribution in [0.3, 0.4) is 0 Å². The van der Waals surface area contributed by atoms with E-state index in [1.807, 2.05) is 0 Å². The Kier molecular flexibility index (Phi) is 4.15. The third kappa shape index (κ3) is 2.88. The van der Waals surface area contributed by atoms with Crippen LogP contribution in [-0.4, -0.2) is 8.42 Å². The Bertz CT molecular complexity index is 620. The Labute approximate surface area is 110 Å². The number of halogens is 5. The Morgan fingerprint density at radius 3 is 2.22 bits per heavy atom. The van der Waals surface area contributed by atoms with Crippen molar-refractivity contribution in [1.82, 2.24) is 0 Å². The topological polar surface area (TPSA) is 57.9 Å². The third-order valence-electron chi connectivity index (χ3n) is 2.04. The van der Waals surface area contributed by atoms with E-state index in [1.54, 1.807) is 0 Å². The van der Waals surface area contributed by atoms with Crippen molar-refractivity contribution in [2.24, 2.45) is 0 Å². The number of hydrogen-bond acceptors (Lipinski definition) is 3. The van der Waals surface area contributed by atoms with Gasteiger partial charge in [-0.25, -0.2) is 8.42 Å². The van der Waals surface area contributed by atoms with Gasteiger partial charge in [0.2, 0.25) is 0 Å². The van der Waals surface area contributed by atoms with E-state index < -0.39 is 31.2 Å². The van der Waals surface area contributed by atoms with Crippen LogP contribution < -0.4 is 0 Å². The molecule has 0 fully saturated rings. The Morgan fingerprint density at radius 1 is 1.33 bits per heavy atom. The molecular formula is C9H4Cl2F3NO2S. The molecule has 1 aromatic rings. The summed E-state index contributed by atoms with van der Waals surface area (Å²) in [5.74, 6) is -0.381. The normalized spacial score (nSPS) is 12.2. The van der Waals surface area contributed by atoms with Crippen LogP contribution in [0.15, 0.2) is 17.0 Å². The molecule has 0 atom stereocenters. The molecule has 0 saturated heterocycles. The molecule has 0 aliphatic heterocycles. The molecule has 0 aliphatic rings. The zero-order valence-electron chi connectivity index (χ0n) is 8.42. The van der Waals surface area contributed by atoms with Crippen LogP contribution in [0.1, 0.15) is 16.7 Å². The van der Waals surface area contributed by atoms with Gasteiger partial charge in [-0.05, 0) is 11.6 Å². The first-order valence-corrected chi connectivity index (χ1v) is 7.11. The molecule has 0 heterocycles. The van der Waals surface area contributed by atoms with Crippen LogP contribution in [0.5, 0.6) is 0 Å². The minimum atomic E-state index is -4.85. The SMILES string of the molecule is N#Cc1c(C(F)(F)F)ccc(CCl)c1S(=O)(=O)Cl. The zero-order valence-corrected chi connectivity index (χ0v) is 10.8. The van der Waals surface area contributed by atoms with E-state index in [0.717, 1.165) is 6.07 Å². The molecule has 1 aromatic carbocycles. The zero-order chi connectivity index (χ0) is 14.1. The smallest absolute Gasteiger partial charge is 0.207 e. The van der Waals surface area contributed by atoms with Crippen molar-refractivity contribution in [1.29, 1.82) is 5.26 Å². The van der Waals surface area contributed by atoms with Crippen molar-refractivity contribution in [3.8, 4) is 6.07 Å². The first kappa shape index (κ1) is 15.1. The summed E-state index contributed by atoms with van der Waals surface area (Å²) in [6, 6.07) is 2.69. The van der Waals surface area contributed by atoms with E-state index >= 15 is 0 Å². The van der Waals surface area contributed by atoms with Gasteiger partial charge in [-0.1, -0.05) is 6.07 Å². The second kappa shape index (κ2) is 4.96. The molecule has 0 amide bonds. The van der Waals surface area contributed by atoms with Crippen LogP contribution >= 0.6 is 22.3 Å². The quantitative estimate of drug-likeness (QED) is 0.621. The van der Waals surface area contributed by atoms with Crippen molar-refractivity contribution < 1.29 is 21.6 Å². The molecule has 0 spiro atoms. The Morgan fingerprint density at radius 2 is 1.89 bits per heavy atom. The van der Waals surface area contributed by atoms with Gasteiger partial charge in [0.05, 0.1) is 11.1 Å². The third-order valence-corrected chi connectivity index (χ3v) is 3.75. The molecule has 1 rings (SSSR count). The summed E-state index contributed by atoms with van der Waals surface area (Å²) < 4.78 is 60.4. The minimum absolute atomic E-state index is 0.156. The fraction of sp³-hybridized carbons (Fsp3) is 0.222. The summed E-state index contributed by atoms with van der Waals surface area (Å²) in [7, 11) is 0.538. The van der Waals surface area contributed by atoms with Gasteiger partial charge in [0.15, 0.2) is 0 Å². The van der Waals surface area contributed by atoms with E-state index in [-0.39, 0.29) is 11.4 Å². The van der Waals surface area contributed by atoms with Crippen LogP contribution in [0.4, 0.5) is 13.2 Å². The molecule has 0 aromatic heterocycles. The van der Waals surface area contributed by atoms with Gasteiger partial charge in [0.25, 0.3) is 9.05 Å². The van der Waals surface area contributed by atoms with Gasteiger partial charge < -0.3 is 0 Å². The minimum Gasteiger partial charge on any atom is -0.207 e. The number of alkyl halides is 4. The highest BCUT2D eigenvalue weighted by molar-refractivity contribution is 8.13. The first-order chi connectivity index (χ1) is 8.12. The molecule has 3 nitrogen and oxygen atoms in total. The fourth-order valence-corrected chi connectivity index (χ4v) is 3.04. The summed E-state index contributed by atoms with van der Waals surface area (Å²) >= 11 is 5.42. The molecule has 0 bridgehead atoms. The predicted octanol–water partition coefficient (Wildman–Crippen LogP) is 3.24. The average Bonchev–Trinajstić information content (AvgIpc) is 2.24. The van der Waals surface area contributed by atoms with E-state index in [0.29, 0.717) is 6.07 Å². The Hall–Kier alpha value is -0.970. The summed E-state index contributed by atoms with van der Waals surface area (Å²) in [5, 5.41) is 8.73. The lowest BCUT2D eigenvalue weighted by atomic mass is 10.0. The summed E-state index contributed by atoms with van der Waals surface area (Å²) in [4.78, 5) is -0.892. The number of nitrogens with zero attached hydrogens (tertiary/aromatic N) is 1. The van der Waals surface area contributed by atoms with Crippen LogP contribution in [-0.2, 0) is 21.1 Å². The van der Waals surface area contributed by atoms with E-state index in [2.05, 4.69) is 0 Å². The molecule has 0 N–H and O–H groups in total. The number of hydrogen-bond donors (Lipinski definition) is 0. The fourth-order valence-electron chi connectivity index (χ4n) is 1.36. The van der Waals surface area contributed by atoms with Crippen molar-refractivity contribution in [2.75, 3.05) is 0 Å². The largest absolute Gasteiger partial charge is 0.417 e. The molecule has 0 saturated carbocycles. The van der Waals surface area contributed by atoms with E-state index in [4.69, 9.17) is 27.5 Å².